The first kappa shape index (κ1) is 26.3. The molecule has 3 heterocycles. The predicted octanol–water partition coefficient (Wildman–Crippen LogP) is 6.34. The zero-order valence-corrected chi connectivity index (χ0v) is 24.5. The third-order valence-corrected chi connectivity index (χ3v) is 8.83. The number of aromatic hydroxyl groups is 1. The number of phenolic OH excluding ortho intramolecular Hbond substituents is 1. The molecule has 40 heavy (non-hydrogen) atoms. The maximum absolute atomic E-state index is 13.7. The van der Waals surface area contributed by atoms with E-state index in [1.165, 1.54) is 23.3 Å². The number of methoxy groups -OCH3 is 1. The topological polar surface area (TPSA) is 109 Å². The summed E-state index contributed by atoms with van der Waals surface area (Å²) in [5.74, 6) is -1.18. The van der Waals surface area contributed by atoms with Crippen LogP contribution >= 0.6 is 27.3 Å². The van der Waals surface area contributed by atoms with Crippen LogP contribution in [0.25, 0.3) is 16.0 Å². The first-order valence-electron chi connectivity index (χ1n) is 12.6. The summed E-state index contributed by atoms with van der Waals surface area (Å²) in [6, 6.07) is 11.4. The van der Waals surface area contributed by atoms with E-state index in [0.717, 1.165) is 32.7 Å². The van der Waals surface area contributed by atoms with Gasteiger partial charge in [-0.15, -0.1) is 0 Å². The summed E-state index contributed by atoms with van der Waals surface area (Å²) >= 11 is 4.65. The first-order chi connectivity index (χ1) is 19.1. The van der Waals surface area contributed by atoms with Crippen molar-refractivity contribution in [3.05, 3.63) is 80.3 Å². The molecule has 0 bridgehead atoms. The number of ether oxygens (including phenoxy) is 2. The van der Waals surface area contributed by atoms with Crippen LogP contribution < -0.4 is 14.4 Å². The van der Waals surface area contributed by atoms with Crippen LogP contribution in [0.1, 0.15) is 40.8 Å². The lowest BCUT2D eigenvalue weighted by atomic mass is 9.94. The highest BCUT2D eigenvalue weighted by Gasteiger charge is 2.48. The average molecular weight is 622 g/mol. The molecule has 2 aliphatic rings. The fourth-order valence-corrected chi connectivity index (χ4v) is 7.07. The lowest BCUT2D eigenvalue weighted by Gasteiger charge is -2.24. The largest absolute Gasteiger partial charge is 0.507 e. The van der Waals surface area contributed by atoms with Crippen LogP contribution in [0, 0.1) is 13.8 Å². The van der Waals surface area contributed by atoms with E-state index in [-0.39, 0.29) is 28.9 Å². The molecular formula is C30H25BrN2O6S. The normalized spacial score (nSPS) is 19.8. The van der Waals surface area contributed by atoms with Crippen LogP contribution in [0.2, 0.25) is 0 Å². The number of hydrogen-bond donors (Lipinski definition) is 2. The van der Waals surface area contributed by atoms with E-state index >= 15 is 0 Å². The predicted molar refractivity (Wildman–Crippen MR) is 156 cm³/mol. The number of ketones is 1. The number of carbonyl (C=O) groups is 2. The van der Waals surface area contributed by atoms with Crippen molar-refractivity contribution in [1.82, 2.24) is 4.98 Å². The van der Waals surface area contributed by atoms with Gasteiger partial charge < -0.3 is 19.7 Å². The van der Waals surface area contributed by atoms with Crippen molar-refractivity contribution in [1.29, 1.82) is 0 Å². The third kappa shape index (κ3) is 4.13. The number of Topliss-reactive ketones (excluding diaryl/α,β-unsaturated/α-hetero) is 1. The second-order valence-corrected chi connectivity index (χ2v) is 12.0. The molecule has 2 N–H and O–H groups in total. The number of rotatable bonds is 4. The summed E-state index contributed by atoms with van der Waals surface area (Å²) in [5.41, 5.74) is 4.43. The zero-order valence-electron chi connectivity index (χ0n) is 22.1. The molecule has 1 saturated heterocycles. The van der Waals surface area contributed by atoms with E-state index < -0.39 is 17.7 Å². The fourth-order valence-electron chi connectivity index (χ4n) is 5.44. The second kappa shape index (κ2) is 9.64. The van der Waals surface area contributed by atoms with Gasteiger partial charge in [-0.3, -0.25) is 14.5 Å². The van der Waals surface area contributed by atoms with Gasteiger partial charge in [-0.1, -0.05) is 17.4 Å². The molecule has 1 fully saturated rings. The van der Waals surface area contributed by atoms with E-state index in [2.05, 4.69) is 15.9 Å². The van der Waals surface area contributed by atoms with Crippen LogP contribution in [-0.4, -0.2) is 40.1 Å². The van der Waals surface area contributed by atoms with Gasteiger partial charge in [-0.05, 0) is 95.4 Å². The number of nitrogens with zero attached hydrogens (tertiary/aromatic N) is 2. The number of aliphatic hydroxyl groups excluding tert-OH is 1. The molecule has 0 spiro atoms. The van der Waals surface area contributed by atoms with E-state index in [1.807, 2.05) is 32.9 Å². The number of aromatic nitrogens is 1. The average Bonchev–Trinajstić information content (AvgIpc) is 3.57. The highest BCUT2D eigenvalue weighted by Crippen LogP contribution is 2.48. The summed E-state index contributed by atoms with van der Waals surface area (Å²) in [7, 11) is 1.41. The molecule has 8 nitrogen and oxygen atoms in total. The number of thiazole rings is 1. The molecule has 3 aromatic carbocycles. The van der Waals surface area contributed by atoms with Gasteiger partial charge in [0.15, 0.2) is 16.6 Å². The van der Waals surface area contributed by atoms with Gasteiger partial charge in [-0.25, -0.2) is 4.98 Å². The Morgan fingerprint density at radius 3 is 2.70 bits per heavy atom. The van der Waals surface area contributed by atoms with Crippen molar-refractivity contribution >= 4 is 60.1 Å². The molecule has 2 aliphatic heterocycles. The SMILES string of the molecule is COc1cc([C@H]2C(=C(O)c3ccc4c(c3)C[C@@H](C)O4)C(=O)C(=O)N2c2nc3c(C)cc(C)cc3s2)cc(Br)c1O. The minimum atomic E-state index is -1.03. The molecular weight excluding hydrogens is 596 g/mol. The standard InChI is InChI=1S/C30H25BrN2O6S/c1-13-7-14(2)24-22(8-13)40-30(32-24)33-25(18-11-19(31)27(35)21(12-18)38-4)23(28(36)29(33)37)26(34)16-5-6-20-17(10-16)9-15(3)39-20/h5-8,10-12,15,25,34-35H,9H2,1-4H3/t15-,25+/m1/s1. The number of aliphatic hydroxyl groups is 1. The van der Waals surface area contributed by atoms with Crippen molar-refractivity contribution in [2.24, 2.45) is 0 Å². The molecule has 10 heteroatoms. The van der Waals surface area contributed by atoms with Crippen molar-refractivity contribution in [3.8, 4) is 17.2 Å². The van der Waals surface area contributed by atoms with E-state index in [1.54, 1.807) is 30.3 Å². The molecule has 0 radical (unpaired) electrons. The lowest BCUT2D eigenvalue weighted by molar-refractivity contribution is -0.132. The molecule has 6 rings (SSSR count). The maximum Gasteiger partial charge on any atom is 0.301 e. The summed E-state index contributed by atoms with van der Waals surface area (Å²) in [4.78, 5) is 33.4. The monoisotopic (exact) mass is 620 g/mol. The molecule has 204 valence electrons. The minimum Gasteiger partial charge on any atom is -0.507 e. The van der Waals surface area contributed by atoms with Gasteiger partial charge >= 0.3 is 5.91 Å². The molecule has 2 atom stereocenters. The van der Waals surface area contributed by atoms with Crippen LogP contribution in [-0.2, 0) is 16.0 Å². The smallest absolute Gasteiger partial charge is 0.301 e. The van der Waals surface area contributed by atoms with E-state index in [9.17, 15) is 19.8 Å². The second-order valence-electron chi connectivity index (χ2n) is 10.1. The fraction of sp³-hybridized carbons (Fsp3) is 0.233. The van der Waals surface area contributed by atoms with Gasteiger partial charge in [-0.2, -0.15) is 0 Å². The number of amides is 1. The number of anilines is 1. The first-order valence-corrected chi connectivity index (χ1v) is 14.2. The number of carbonyl (C=O) groups excluding carboxylic acids is 2. The number of phenols is 1. The molecule has 0 unspecified atom stereocenters. The van der Waals surface area contributed by atoms with Gasteiger partial charge in [0, 0.05) is 12.0 Å². The van der Waals surface area contributed by atoms with Gasteiger partial charge in [0.1, 0.15) is 17.6 Å². The molecule has 1 amide bonds. The molecule has 0 saturated carbocycles. The van der Waals surface area contributed by atoms with Crippen molar-refractivity contribution in [3.63, 3.8) is 0 Å². The number of aryl methyl sites for hydroxylation is 2. The summed E-state index contributed by atoms with van der Waals surface area (Å²) < 4.78 is 12.3. The quantitative estimate of drug-likeness (QED) is 0.156. The maximum atomic E-state index is 13.7. The lowest BCUT2D eigenvalue weighted by Crippen LogP contribution is -2.29. The van der Waals surface area contributed by atoms with Crippen LogP contribution in [0.15, 0.2) is 52.5 Å². The summed E-state index contributed by atoms with van der Waals surface area (Å²) in [5, 5.41) is 22.4. The number of hydrogen-bond acceptors (Lipinski definition) is 8. The van der Waals surface area contributed by atoms with E-state index in [4.69, 9.17) is 14.5 Å². The van der Waals surface area contributed by atoms with Crippen molar-refractivity contribution < 1.29 is 29.3 Å². The number of benzene rings is 3. The Morgan fingerprint density at radius 1 is 1.18 bits per heavy atom. The van der Waals surface area contributed by atoms with E-state index in [0.29, 0.717) is 27.2 Å². The number of halogens is 1. The van der Waals surface area contributed by atoms with Gasteiger partial charge in [0.2, 0.25) is 0 Å². The molecule has 4 aromatic rings. The number of fused-ring (bicyclic) bond motifs is 2. The van der Waals surface area contributed by atoms with Gasteiger partial charge in [0.25, 0.3) is 5.78 Å². The summed E-state index contributed by atoms with van der Waals surface area (Å²) in [6.07, 6.45) is 0.673. The van der Waals surface area contributed by atoms with Crippen molar-refractivity contribution in [2.75, 3.05) is 12.0 Å². The van der Waals surface area contributed by atoms with Crippen LogP contribution in [0.3, 0.4) is 0 Å². The van der Waals surface area contributed by atoms with Crippen molar-refractivity contribution in [2.45, 2.75) is 39.3 Å². The molecule has 0 aliphatic carbocycles. The highest BCUT2D eigenvalue weighted by atomic mass is 79.9. The van der Waals surface area contributed by atoms with Gasteiger partial charge in [0.05, 0.1) is 33.4 Å². The van der Waals surface area contributed by atoms with Crippen LogP contribution in [0.5, 0.6) is 17.2 Å². The summed E-state index contributed by atoms with van der Waals surface area (Å²) in [6.45, 7) is 5.90. The third-order valence-electron chi connectivity index (χ3n) is 7.22. The highest BCUT2D eigenvalue weighted by molar-refractivity contribution is 9.10. The molecule has 1 aromatic heterocycles. The Labute approximate surface area is 242 Å². The Balaban J connectivity index is 1.58. The minimum absolute atomic E-state index is 0.00548. The Hall–Kier alpha value is -3.89. The van der Waals surface area contributed by atoms with Crippen LogP contribution in [0.4, 0.5) is 5.13 Å². The Bertz CT molecular complexity index is 1780. The Kier molecular flexibility index (Phi) is 6.35. The zero-order chi connectivity index (χ0) is 28.5. The Morgan fingerprint density at radius 2 is 1.95 bits per heavy atom.